The third-order valence-electron chi connectivity index (χ3n) is 3.94. The molecule has 0 saturated carbocycles. The average Bonchev–Trinajstić information content (AvgIpc) is 2.29. The van der Waals surface area contributed by atoms with Crippen LogP contribution in [0.4, 0.5) is 0 Å². The number of amides is 1. The fraction of sp³-hybridized carbons (Fsp3) is 0.846. The zero-order valence-corrected chi connectivity index (χ0v) is 11.6. The highest BCUT2D eigenvalue weighted by atomic mass is 16.5. The molecule has 5 nitrogen and oxygen atoms in total. The molecule has 1 amide bonds. The molecule has 2 unspecified atom stereocenters. The van der Waals surface area contributed by atoms with Crippen molar-refractivity contribution in [1.82, 2.24) is 4.90 Å². The topological polar surface area (TPSA) is 66.8 Å². The van der Waals surface area contributed by atoms with Gasteiger partial charge in [-0.2, -0.15) is 0 Å². The minimum atomic E-state index is -1.14. The van der Waals surface area contributed by atoms with Crippen LogP contribution in [0, 0.1) is 0 Å². The number of carboxylic acids is 1. The van der Waals surface area contributed by atoms with E-state index in [9.17, 15) is 14.7 Å². The maximum absolute atomic E-state index is 11.7. The van der Waals surface area contributed by atoms with Gasteiger partial charge in [0.2, 0.25) is 6.41 Å². The van der Waals surface area contributed by atoms with Gasteiger partial charge >= 0.3 is 5.97 Å². The molecule has 0 bridgehead atoms. The van der Waals surface area contributed by atoms with Crippen LogP contribution in [0.1, 0.15) is 47.0 Å². The molecule has 5 heteroatoms. The zero-order chi connectivity index (χ0) is 14.0. The summed E-state index contributed by atoms with van der Waals surface area (Å²) in [5.41, 5.74) is -1.62. The molecule has 0 aromatic heterocycles. The number of aliphatic carboxylic acids is 1. The minimum Gasteiger partial charge on any atom is -0.479 e. The van der Waals surface area contributed by atoms with Crippen LogP contribution in [0.15, 0.2) is 0 Å². The highest BCUT2D eigenvalue weighted by Crippen LogP contribution is 2.39. The first kappa shape index (κ1) is 15.0. The van der Waals surface area contributed by atoms with E-state index in [1.807, 2.05) is 27.7 Å². The molecule has 104 valence electrons. The van der Waals surface area contributed by atoms with E-state index in [-0.39, 0.29) is 6.04 Å². The highest BCUT2D eigenvalue weighted by molar-refractivity contribution is 5.82. The van der Waals surface area contributed by atoms with Gasteiger partial charge in [0.15, 0.2) is 0 Å². The van der Waals surface area contributed by atoms with Crippen molar-refractivity contribution in [1.29, 1.82) is 0 Å². The predicted molar refractivity (Wildman–Crippen MR) is 67.3 cm³/mol. The van der Waals surface area contributed by atoms with Gasteiger partial charge < -0.3 is 14.7 Å². The van der Waals surface area contributed by atoms with Crippen molar-refractivity contribution in [2.75, 3.05) is 6.61 Å². The van der Waals surface area contributed by atoms with Crippen molar-refractivity contribution in [2.24, 2.45) is 0 Å². The summed E-state index contributed by atoms with van der Waals surface area (Å²) in [6.45, 7) is 7.91. The lowest BCUT2D eigenvalue weighted by molar-refractivity contribution is -0.179. The van der Waals surface area contributed by atoms with Gasteiger partial charge in [-0.25, -0.2) is 4.79 Å². The zero-order valence-electron chi connectivity index (χ0n) is 11.6. The molecule has 0 radical (unpaired) electrons. The first-order valence-corrected chi connectivity index (χ1v) is 6.42. The molecule has 1 aliphatic heterocycles. The summed E-state index contributed by atoms with van der Waals surface area (Å²) in [4.78, 5) is 24.4. The van der Waals surface area contributed by atoms with Gasteiger partial charge in [-0.15, -0.1) is 0 Å². The first-order chi connectivity index (χ1) is 8.31. The Balaban J connectivity index is 3.15. The molecule has 1 N–H and O–H groups in total. The standard InChI is InChI=1S/C13H23NO4/c1-5-12(4)8-13(11(16)17,6-7-18-12)14(9-15)10(2)3/h9-10H,5-8H2,1-4H3,(H,16,17). The van der Waals surface area contributed by atoms with Crippen LogP contribution in [0.25, 0.3) is 0 Å². The third-order valence-corrected chi connectivity index (χ3v) is 3.94. The molecule has 0 aliphatic carbocycles. The smallest absolute Gasteiger partial charge is 0.329 e. The van der Waals surface area contributed by atoms with Crippen LogP contribution in [0.2, 0.25) is 0 Å². The van der Waals surface area contributed by atoms with Crippen molar-refractivity contribution >= 4 is 12.4 Å². The molecule has 1 rings (SSSR count). The number of hydrogen-bond donors (Lipinski definition) is 1. The van der Waals surface area contributed by atoms with Crippen molar-refractivity contribution in [3.63, 3.8) is 0 Å². The molecule has 18 heavy (non-hydrogen) atoms. The first-order valence-electron chi connectivity index (χ1n) is 6.42. The number of rotatable bonds is 5. The summed E-state index contributed by atoms with van der Waals surface area (Å²) in [6, 6.07) is -0.141. The number of hydrogen-bond acceptors (Lipinski definition) is 3. The SMILES string of the molecule is CCC1(C)CC(C(=O)O)(N(C=O)C(C)C)CCO1. The number of carbonyl (C=O) groups is 2. The molecule has 0 aromatic carbocycles. The number of nitrogens with zero attached hydrogens (tertiary/aromatic N) is 1. The van der Waals surface area contributed by atoms with Crippen molar-refractivity contribution < 1.29 is 19.4 Å². The van der Waals surface area contributed by atoms with E-state index in [1.54, 1.807) is 0 Å². The third kappa shape index (κ3) is 2.51. The Bertz CT molecular complexity index is 331. The van der Waals surface area contributed by atoms with Gasteiger partial charge in [-0.1, -0.05) is 6.92 Å². The number of ether oxygens (including phenoxy) is 1. The van der Waals surface area contributed by atoms with Crippen LogP contribution in [-0.2, 0) is 14.3 Å². The molecule has 1 saturated heterocycles. The van der Waals surface area contributed by atoms with Gasteiger partial charge in [-0.05, 0) is 27.2 Å². The molecule has 1 heterocycles. The summed E-state index contributed by atoms with van der Waals surface area (Å²) in [6.07, 6.45) is 2.06. The molecular formula is C13H23NO4. The second-order valence-electron chi connectivity index (χ2n) is 5.52. The number of carboxylic acid groups (broad SMARTS) is 1. The minimum absolute atomic E-state index is 0.141. The molecule has 0 aromatic rings. The fourth-order valence-corrected chi connectivity index (χ4v) is 2.68. The van der Waals surface area contributed by atoms with Crippen LogP contribution >= 0.6 is 0 Å². The van der Waals surface area contributed by atoms with E-state index >= 15 is 0 Å². The quantitative estimate of drug-likeness (QED) is 0.761. The Morgan fingerprint density at radius 3 is 2.56 bits per heavy atom. The fourth-order valence-electron chi connectivity index (χ4n) is 2.68. The lowest BCUT2D eigenvalue weighted by Gasteiger charge is -2.49. The number of carbonyl (C=O) groups excluding carboxylic acids is 1. The van der Waals surface area contributed by atoms with Crippen LogP contribution in [-0.4, -0.2) is 46.2 Å². The van der Waals surface area contributed by atoms with Crippen molar-refractivity contribution in [3.8, 4) is 0 Å². The van der Waals surface area contributed by atoms with Crippen molar-refractivity contribution in [3.05, 3.63) is 0 Å². The monoisotopic (exact) mass is 257 g/mol. The van der Waals surface area contributed by atoms with E-state index in [4.69, 9.17) is 4.74 Å². The normalized spacial score (nSPS) is 32.3. The Hall–Kier alpha value is -1.10. The summed E-state index contributed by atoms with van der Waals surface area (Å²) in [5.74, 6) is -0.939. The Morgan fingerprint density at radius 1 is 1.56 bits per heavy atom. The molecule has 1 fully saturated rings. The van der Waals surface area contributed by atoms with Gasteiger partial charge in [0, 0.05) is 18.9 Å². The van der Waals surface area contributed by atoms with Crippen LogP contribution in [0.3, 0.4) is 0 Å². The van der Waals surface area contributed by atoms with E-state index in [0.717, 1.165) is 6.42 Å². The van der Waals surface area contributed by atoms with Gasteiger partial charge in [0.1, 0.15) is 5.54 Å². The average molecular weight is 257 g/mol. The molecule has 2 atom stereocenters. The molecular weight excluding hydrogens is 234 g/mol. The highest BCUT2D eigenvalue weighted by Gasteiger charge is 2.52. The van der Waals surface area contributed by atoms with E-state index in [0.29, 0.717) is 25.9 Å². The van der Waals surface area contributed by atoms with Gasteiger partial charge in [0.05, 0.1) is 12.2 Å². The summed E-state index contributed by atoms with van der Waals surface area (Å²) in [7, 11) is 0. The Labute approximate surface area is 108 Å². The second kappa shape index (κ2) is 5.26. The maximum atomic E-state index is 11.7. The summed E-state index contributed by atoms with van der Waals surface area (Å²) < 4.78 is 5.69. The predicted octanol–water partition coefficient (Wildman–Crippen LogP) is 1.66. The lowest BCUT2D eigenvalue weighted by Crippen LogP contribution is -2.63. The Kier molecular flexibility index (Phi) is 4.37. The van der Waals surface area contributed by atoms with Gasteiger partial charge in [-0.3, -0.25) is 4.79 Å². The Morgan fingerprint density at radius 2 is 2.17 bits per heavy atom. The van der Waals surface area contributed by atoms with E-state index < -0.39 is 17.1 Å². The largest absolute Gasteiger partial charge is 0.479 e. The van der Waals surface area contributed by atoms with Gasteiger partial charge in [0.25, 0.3) is 0 Å². The summed E-state index contributed by atoms with van der Waals surface area (Å²) >= 11 is 0. The van der Waals surface area contributed by atoms with E-state index in [1.165, 1.54) is 4.90 Å². The second-order valence-corrected chi connectivity index (χ2v) is 5.52. The van der Waals surface area contributed by atoms with Crippen LogP contribution < -0.4 is 0 Å². The van der Waals surface area contributed by atoms with E-state index in [2.05, 4.69) is 0 Å². The maximum Gasteiger partial charge on any atom is 0.329 e. The summed E-state index contributed by atoms with van der Waals surface area (Å²) in [5, 5.41) is 9.61. The lowest BCUT2D eigenvalue weighted by atomic mass is 9.77. The van der Waals surface area contributed by atoms with Crippen molar-refractivity contribution in [2.45, 2.75) is 64.1 Å². The van der Waals surface area contributed by atoms with Crippen LogP contribution in [0.5, 0.6) is 0 Å². The molecule has 1 aliphatic rings. The molecule has 0 spiro atoms.